The summed E-state index contributed by atoms with van der Waals surface area (Å²) in [7, 11) is 4.11. The number of amides is 1. The molecule has 2 rings (SSSR count). The molecule has 1 saturated heterocycles. The average molecular weight is 305 g/mol. The van der Waals surface area contributed by atoms with Crippen LogP contribution in [-0.4, -0.2) is 65.9 Å². The number of hydrogen-bond acceptors (Lipinski definition) is 5. The van der Waals surface area contributed by atoms with Gasteiger partial charge in [-0.05, 0) is 45.8 Å². The fourth-order valence-electron chi connectivity index (χ4n) is 2.52. The van der Waals surface area contributed by atoms with Crippen molar-refractivity contribution in [1.82, 2.24) is 19.8 Å². The Morgan fingerprint density at radius 3 is 2.55 bits per heavy atom. The number of nitrogens with one attached hydrogen (secondary N) is 1. The van der Waals surface area contributed by atoms with E-state index in [0.29, 0.717) is 17.4 Å². The summed E-state index contributed by atoms with van der Waals surface area (Å²) in [6.07, 6.45) is 6.45. The molecule has 22 heavy (non-hydrogen) atoms. The summed E-state index contributed by atoms with van der Waals surface area (Å²) < 4.78 is 0. The maximum atomic E-state index is 12.4. The number of anilines is 1. The Labute approximate surface area is 132 Å². The number of nitrogens with zero attached hydrogens (tertiary/aromatic N) is 4. The molecule has 6 heteroatoms. The Balaban J connectivity index is 1.82. The SMILES string of the molecule is CC1CCN(C(=O)c2cnc(NCCCN(C)C)nc2)CC1. The summed E-state index contributed by atoms with van der Waals surface area (Å²) in [6, 6.07) is 0. The number of carbonyl (C=O) groups excluding carboxylic acids is 1. The first-order valence-electron chi connectivity index (χ1n) is 8.06. The second-order valence-corrected chi connectivity index (χ2v) is 6.35. The van der Waals surface area contributed by atoms with E-state index in [0.717, 1.165) is 45.4 Å². The van der Waals surface area contributed by atoms with Crippen LogP contribution in [0.2, 0.25) is 0 Å². The number of carbonyl (C=O) groups is 1. The molecule has 1 aliphatic rings. The zero-order chi connectivity index (χ0) is 15.9. The first-order valence-corrected chi connectivity index (χ1v) is 8.06. The van der Waals surface area contributed by atoms with Gasteiger partial charge in [0.25, 0.3) is 5.91 Å². The van der Waals surface area contributed by atoms with Crippen molar-refractivity contribution < 1.29 is 4.79 Å². The average Bonchev–Trinajstić information content (AvgIpc) is 2.52. The Bertz CT molecular complexity index is 466. The van der Waals surface area contributed by atoms with Crippen LogP contribution in [0.15, 0.2) is 12.4 Å². The van der Waals surface area contributed by atoms with Crippen LogP contribution >= 0.6 is 0 Å². The third kappa shape index (κ3) is 4.94. The minimum absolute atomic E-state index is 0.0473. The maximum Gasteiger partial charge on any atom is 0.256 e. The van der Waals surface area contributed by atoms with E-state index in [-0.39, 0.29) is 5.91 Å². The zero-order valence-electron chi connectivity index (χ0n) is 13.9. The molecule has 1 fully saturated rings. The van der Waals surface area contributed by atoms with E-state index in [1.165, 1.54) is 0 Å². The highest BCUT2D eigenvalue weighted by molar-refractivity contribution is 5.93. The smallest absolute Gasteiger partial charge is 0.256 e. The number of likely N-dealkylation sites (tertiary alicyclic amines) is 1. The van der Waals surface area contributed by atoms with Gasteiger partial charge in [-0.25, -0.2) is 9.97 Å². The summed E-state index contributed by atoms with van der Waals surface area (Å²) in [4.78, 5) is 24.9. The van der Waals surface area contributed by atoms with Gasteiger partial charge in [-0.15, -0.1) is 0 Å². The molecule has 122 valence electrons. The lowest BCUT2D eigenvalue weighted by Gasteiger charge is -2.30. The standard InChI is InChI=1S/C16H27N5O/c1-13-5-9-21(10-6-13)15(22)14-11-18-16(19-12-14)17-7-4-8-20(2)3/h11-13H,4-10H2,1-3H3,(H,17,18,19). The second-order valence-electron chi connectivity index (χ2n) is 6.35. The van der Waals surface area contributed by atoms with Crippen molar-refractivity contribution in [2.45, 2.75) is 26.2 Å². The van der Waals surface area contributed by atoms with Gasteiger partial charge in [0, 0.05) is 32.0 Å². The summed E-state index contributed by atoms with van der Waals surface area (Å²) in [5.74, 6) is 1.35. The molecule has 0 aromatic carbocycles. The molecule has 0 atom stereocenters. The van der Waals surface area contributed by atoms with Crippen LogP contribution in [0.4, 0.5) is 5.95 Å². The molecule has 0 spiro atoms. The highest BCUT2D eigenvalue weighted by atomic mass is 16.2. The molecule has 1 N–H and O–H groups in total. The molecular weight excluding hydrogens is 278 g/mol. The summed E-state index contributed by atoms with van der Waals surface area (Å²) in [5.41, 5.74) is 0.577. The molecule has 1 aromatic rings. The van der Waals surface area contributed by atoms with Crippen molar-refractivity contribution >= 4 is 11.9 Å². The first kappa shape index (κ1) is 16.7. The monoisotopic (exact) mass is 305 g/mol. The van der Waals surface area contributed by atoms with Crippen molar-refractivity contribution in [3.05, 3.63) is 18.0 Å². The van der Waals surface area contributed by atoms with Crippen LogP contribution in [0.5, 0.6) is 0 Å². The minimum atomic E-state index is 0.0473. The Hall–Kier alpha value is -1.69. The Kier molecular flexibility index (Phi) is 6.12. The van der Waals surface area contributed by atoms with Gasteiger partial charge in [0.1, 0.15) is 0 Å². The molecule has 1 aromatic heterocycles. The highest BCUT2D eigenvalue weighted by Crippen LogP contribution is 2.17. The fourth-order valence-corrected chi connectivity index (χ4v) is 2.52. The molecule has 0 unspecified atom stereocenters. The van der Waals surface area contributed by atoms with Gasteiger partial charge >= 0.3 is 0 Å². The first-order chi connectivity index (χ1) is 10.6. The number of rotatable bonds is 6. The largest absolute Gasteiger partial charge is 0.354 e. The van der Waals surface area contributed by atoms with Crippen molar-refractivity contribution in [2.24, 2.45) is 5.92 Å². The zero-order valence-corrected chi connectivity index (χ0v) is 13.9. The molecule has 0 bridgehead atoms. The van der Waals surface area contributed by atoms with Crippen molar-refractivity contribution in [1.29, 1.82) is 0 Å². The topological polar surface area (TPSA) is 61.4 Å². The van der Waals surface area contributed by atoms with E-state index < -0.39 is 0 Å². The van der Waals surface area contributed by atoms with Gasteiger partial charge < -0.3 is 15.1 Å². The van der Waals surface area contributed by atoms with Gasteiger partial charge in [-0.3, -0.25) is 4.79 Å². The van der Waals surface area contributed by atoms with E-state index in [1.54, 1.807) is 12.4 Å². The van der Waals surface area contributed by atoms with Gasteiger partial charge in [0.2, 0.25) is 5.95 Å². The van der Waals surface area contributed by atoms with E-state index in [4.69, 9.17) is 0 Å². The van der Waals surface area contributed by atoms with Crippen molar-refractivity contribution in [2.75, 3.05) is 45.6 Å². The second kappa shape index (κ2) is 8.08. The summed E-state index contributed by atoms with van der Waals surface area (Å²) in [5, 5.41) is 3.18. The van der Waals surface area contributed by atoms with Gasteiger partial charge in [0.05, 0.1) is 5.56 Å². The molecular formula is C16H27N5O. The van der Waals surface area contributed by atoms with E-state index in [2.05, 4.69) is 41.2 Å². The van der Waals surface area contributed by atoms with Crippen LogP contribution < -0.4 is 5.32 Å². The predicted molar refractivity (Wildman–Crippen MR) is 88.0 cm³/mol. The molecule has 1 amide bonds. The van der Waals surface area contributed by atoms with E-state index in [9.17, 15) is 4.79 Å². The van der Waals surface area contributed by atoms with Gasteiger partial charge in [-0.1, -0.05) is 6.92 Å². The molecule has 1 aliphatic heterocycles. The molecule has 0 saturated carbocycles. The third-order valence-electron chi connectivity index (χ3n) is 4.03. The maximum absolute atomic E-state index is 12.4. The van der Waals surface area contributed by atoms with Crippen LogP contribution in [0, 0.1) is 5.92 Å². The summed E-state index contributed by atoms with van der Waals surface area (Å²) in [6.45, 7) is 5.77. The Morgan fingerprint density at radius 1 is 1.32 bits per heavy atom. The lowest BCUT2D eigenvalue weighted by atomic mass is 9.99. The van der Waals surface area contributed by atoms with Gasteiger partial charge in [-0.2, -0.15) is 0 Å². The Morgan fingerprint density at radius 2 is 1.95 bits per heavy atom. The van der Waals surface area contributed by atoms with Crippen LogP contribution in [0.25, 0.3) is 0 Å². The molecule has 0 radical (unpaired) electrons. The van der Waals surface area contributed by atoms with Crippen LogP contribution in [-0.2, 0) is 0 Å². The minimum Gasteiger partial charge on any atom is -0.354 e. The number of piperidine rings is 1. The molecule has 6 nitrogen and oxygen atoms in total. The van der Waals surface area contributed by atoms with Crippen molar-refractivity contribution in [3.63, 3.8) is 0 Å². The van der Waals surface area contributed by atoms with Crippen molar-refractivity contribution in [3.8, 4) is 0 Å². The normalized spacial score (nSPS) is 16.1. The molecule has 2 heterocycles. The highest BCUT2D eigenvalue weighted by Gasteiger charge is 2.21. The fraction of sp³-hybridized carbons (Fsp3) is 0.688. The summed E-state index contributed by atoms with van der Waals surface area (Å²) >= 11 is 0. The van der Waals surface area contributed by atoms with E-state index in [1.807, 2.05) is 4.90 Å². The van der Waals surface area contributed by atoms with E-state index >= 15 is 0 Å². The van der Waals surface area contributed by atoms with Gasteiger partial charge in [0.15, 0.2) is 0 Å². The lowest BCUT2D eigenvalue weighted by Crippen LogP contribution is -2.38. The van der Waals surface area contributed by atoms with Crippen LogP contribution in [0.1, 0.15) is 36.5 Å². The van der Waals surface area contributed by atoms with Crippen LogP contribution in [0.3, 0.4) is 0 Å². The number of hydrogen-bond donors (Lipinski definition) is 1. The number of aromatic nitrogens is 2. The quantitative estimate of drug-likeness (QED) is 0.811. The molecule has 0 aliphatic carbocycles. The predicted octanol–water partition coefficient (Wildman–Crippen LogP) is 1.71. The third-order valence-corrected chi connectivity index (χ3v) is 4.03. The lowest BCUT2D eigenvalue weighted by molar-refractivity contribution is 0.0696.